The summed E-state index contributed by atoms with van der Waals surface area (Å²) in [6.45, 7) is 6.24. The lowest BCUT2D eigenvalue weighted by Crippen LogP contribution is -2.44. The van der Waals surface area contributed by atoms with E-state index in [1.165, 1.54) is 57.8 Å². The van der Waals surface area contributed by atoms with Crippen LogP contribution in [0.2, 0.25) is 0 Å². The van der Waals surface area contributed by atoms with Crippen molar-refractivity contribution in [2.45, 2.75) is 83.2 Å². The van der Waals surface area contributed by atoms with Crippen LogP contribution in [0, 0.1) is 5.92 Å². The van der Waals surface area contributed by atoms with Crippen molar-refractivity contribution in [3.8, 4) is 0 Å². The highest BCUT2D eigenvalue weighted by Crippen LogP contribution is 2.27. The first-order chi connectivity index (χ1) is 12.7. The number of rotatable bonds is 9. The van der Waals surface area contributed by atoms with Crippen LogP contribution >= 0.6 is 0 Å². The van der Waals surface area contributed by atoms with Crippen LogP contribution in [0.5, 0.6) is 0 Å². The lowest BCUT2D eigenvalue weighted by molar-refractivity contribution is 0.233. The second-order valence-corrected chi connectivity index (χ2v) is 8.38. The summed E-state index contributed by atoms with van der Waals surface area (Å²) < 4.78 is 0. The molecule has 0 aromatic rings. The van der Waals surface area contributed by atoms with Crippen molar-refractivity contribution in [2.24, 2.45) is 27.4 Å². The largest absolute Gasteiger partial charge is 0.370 e. The fourth-order valence-electron chi connectivity index (χ4n) is 4.75. The maximum absolute atomic E-state index is 6.19. The summed E-state index contributed by atoms with van der Waals surface area (Å²) >= 11 is 0. The average molecular weight is 363 g/mol. The molecule has 1 fully saturated rings. The summed E-state index contributed by atoms with van der Waals surface area (Å²) in [6.07, 6.45) is 12.8. The van der Waals surface area contributed by atoms with Crippen molar-refractivity contribution in [3.63, 3.8) is 0 Å². The third-order valence-corrected chi connectivity index (χ3v) is 6.29. The Bertz CT molecular complexity index is 497. The van der Waals surface area contributed by atoms with Gasteiger partial charge in [0.15, 0.2) is 11.9 Å². The minimum Gasteiger partial charge on any atom is -0.370 e. The van der Waals surface area contributed by atoms with E-state index >= 15 is 0 Å². The fraction of sp³-hybridized carbons (Fsp3) is 0.900. The summed E-state index contributed by atoms with van der Waals surface area (Å²) in [4.78, 5) is 13.8. The van der Waals surface area contributed by atoms with Crippen molar-refractivity contribution in [3.05, 3.63) is 0 Å². The molecule has 1 aliphatic carbocycles. The summed E-state index contributed by atoms with van der Waals surface area (Å²) in [5.74, 6) is 2.34. The summed E-state index contributed by atoms with van der Waals surface area (Å²) in [7, 11) is 0. The third kappa shape index (κ3) is 5.04. The zero-order valence-corrected chi connectivity index (χ0v) is 16.6. The molecule has 0 amide bonds. The SMILES string of the molecule is CCC[C@@H]1CN(CCCC[C@H]2CN=C(N)N2CC2CCCCC2)C(N)=N1. The first kappa shape index (κ1) is 19.3. The van der Waals surface area contributed by atoms with E-state index in [1.54, 1.807) is 0 Å². The number of unbranched alkanes of at least 4 members (excludes halogenated alkanes) is 1. The first-order valence-electron chi connectivity index (χ1n) is 10.8. The molecule has 0 unspecified atom stereocenters. The molecule has 2 aliphatic heterocycles. The molecule has 148 valence electrons. The second-order valence-electron chi connectivity index (χ2n) is 8.38. The molecule has 0 aromatic carbocycles. The Balaban J connectivity index is 1.37. The zero-order chi connectivity index (χ0) is 18.4. The van der Waals surface area contributed by atoms with E-state index in [9.17, 15) is 0 Å². The minimum atomic E-state index is 0.411. The molecule has 3 aliphatic rings. The second kappa shape index (κ2) is 9.47. The predicted molar refractivity (Wildman–Crippen MR) is 109 cm³/mol. The number of guanidine groups is 2. The van der Waals surface area contributed by atoms with Crippen molar-refractivity contribution in [1.82, 2.24) is 9.80 Å². The monoisotopic (exact) mass is 362 g/mol. The van der Waals surface area contributed by atoms with Gasteiger partial charge < -0.3 is 21.3 Å². The average Bonchev–Trinajstić information content (AvgIpc) is 3.16. The molecule has 2 heterocycles. The Hall–Kier alpha value is -1.46. The Morgan fingerprint density at radius 3 is 2.62 bits per heavy atom. The highest BCUT2D eigenvalue weighted by molar-refractivity contribution is 5.80. The van der Waals surface area contributed by atoms with Crippen LogP contribution in [0.3, 0.4) is 0 Å². The van der Waals surface area contributed by atoms with Crippen LogP contribution in [0.15, 0.2) is 9.98 Å². The van der Waals surface area contributed by atoms with Gasteiger partial charge in [-0.1, -0.05) is 32.6 Å². The van der Waals surface area contributed by atoms with Gasteiger partial charge in [0.2, 0.25) is 0 Å². The molecule has 1 saturated carbocycles. The van der Waals surface area contributed by atoms with E-state index in [0.717, 1.165) is 50.4 Å². The Morgan fingerprint density at radius 2 is 1.85 bits per heavy atom. The van der Waals surface area contributed by atoms with E-state index in [1.807, 2.05) is 0 Å². The predicted octanol–water partition coefficient (Wildman–Crippen LogP) is 2.53. The molecule has 4 N–H and O–H groups in total. The zero-order valence-electron chi connectivity index (χ0n) is 16.6. The van der Waals surface area contributed by atoms with Crippen LogP contribution < -0.4 is 11.5 Å². The van der Waals surface area contributed by atoms with Gasteiger partial charge >= 0.3 is 0 Å². The maximum Gasteiger partial charge on any atom is 0.191 e. The van der Waals surface area contributed by atoms with Gasteiger partial charge in [-0.25, -0.2) is 4.99 Å². The molecule has 0 saturated heterocycles. The van der Waals surface area contributed by atoms with E-state index in [0.29, 0.717) is 12.1 Å². The third-order valence-electron chi connectivity index (χ3n) is 6.29. The van der Waals surface area contributed by atoms with Crippen molar-refractivity contribution < 1.29 is 0 Å². The summed E-state index contributed by atoms with van der Waals surface area (Å²) in [5, 5.41) is 0. The molecule has 0 spiro atoms. The van der Waals surface area contributed by atoms with Crippen LogP contribution in [-0.4, -0.2) is 60.0 Å². The molecule has 2 atom stereocenters. The quantitative estimate of drug-likeness (QED) is 0.617. The van der Waals surface area contributed by atoms with Gasteiger partial charge in [-0.3, -0.25) is 4.99 Å². The number of hydrogen-bond acceptors (Lipinski definition) is 6. The molecule has 0 radical (unpaired) electrons. The molecule has 26 heavy (non-hydrogen) atoms. The van der Waals surface area contributed by atoms with Gasteiger partial charge in [-0.05, 0) is 44.4 Å². The summed E-state index contributed by atoms with van der Waals surface area (Å²) in [6, 6.07) is 0.920. The van der Waals surface area contributed by atoms with Gasteiger partial charge in [0.1, 0.15) is 0 Å². The lowest BCUT2D eigenvalue weighted by atomic mass is 9.88. The molecular formula is C20H38N6. The van der Waals surface area contributed by atoms with Gasteiger partial charge in [0.05, 0.1) is 18.6 Å². The van der Waals surface area contributed by atoms with E-state index in [2.05, 4.69) is 26.7 Å². The van der Waals surface area contributed by atoms with E-state index in [4.69, 9.17) is 11.5 Å². The van der Waals surface area contributed by atoms with Crippen LogP contribution in [0.4, 0.5) is 0 Å². The number of aliphatic imine (C=N–C) groups is 2. The molecule has 6 nitrogen and oxygen atoms in total. The van der Waals surface area contributed by atoms with Gasteiger partial charge in [-0.2, -0.15) is 0 Å². The maximum atomic E-state index is 6.19. The number of hydrogen-bond donors (Lipinski definition) is 2. The minimum absolute atomic E-state index is 0.411. The van der Waals surface area contributed by atoms with Crippen molar-refractivity contribution in [1.29, 1.82) is 0 Å². The number of nitrogens with two attached hydrogens (primary N) is 2. The van der Waals surface area contributed by atoms with Crippen molar-refractivity contribution in [2.75, 3.05) is 26.2 Å². The summed E-state index contributed by atoms with van der Waals surface area (Å²) in [5.41, 5.74) is 12.3. The standard InChI is InChI=1S/C20H38N6/c1-2-8-17-15-25(20(22)24-17)12-7-6-11-18-13-23-19(21)26(18)14-16-9-4-3-5-10-16/h16-18H,2-15H2,1H3,(H2,21,23)(H2,22,24)/t17-,18+/m1/s1. The Labute approximate surface area is 159 Å². The van der Waals surface area contributed by atoms with Crippen LogP contribution in [0.1, 0.15) is 71.1 Å². The normalized spacial score (nSPS) is 27.1. The Kier molecular flexibility index (Phi) is 7.03. The highest BCUT2D eigenvalue weighted by Gasteiger charge is 2.28. The first-order valence-corrected chi connectivity index (χ1v) is 10.8. The lowest BCUT2D eigenvalue weighted by Gasteiger charge is -2.32. The van der Waals surface area contributed by atoms with Crippen LogP contribution in [0.25, 0.3) is 0 Å². The topological polar surface area (TPSA) is 83.2 Å². The molecular weight excluding hydrogens is 324 g/mol. The van der Waals surface area contributed by atoms with Crippen LogP contribution in [-0.2, 0) is 0 Å². The number of nitrogens with zero attached hydrogens (tertiary/aromatic N) is 4. The van der Waals surface area contributed by atoms with Crippen molar-refractivity contribution >= 4 is 11.9 Å². The van der Waals surface area contributed by atoms with Gasteiger partial charge in [-0.15, -0.1) is 0 Å². The fourth-order valence-corrected chi connectivity index (χ4v) is 4.75. The van der Waals surface area contributed by atoms with E-state index < -0.39 is 0 Å². The van der Waals surface area contributed by atoms with Gasteiger partial charge in [0.25, 0.3) is 0 Å². The Morgan fingerprint density at radius 1 is 1.04 bits per heavy atom. The molecule has 0 bridgehead atoms. The highest BCUT2D eigenvalue weighted by atomic mass is 15.3. The molecule has 0 aromatic heterocycles. The van der Waals surface area contributed by atoms with Gasteiger partial charge in [0, 0.05) is 19.6 Å². The smallest absolute Gasteiger partial charge is 0.191 e. The molecule has 6 heteroatoms. The van der Waals surface area contributed by atoms with E-state index in [-0.39, 0.29) is 0 Å². The molecule has 3 rings (SSSR count).